The van der Waals surface area contributed by atoms with Crippen molar-refractivity contribution in [3.63, 3.8) is 0 Å². The third-order valence-corrected chi connectivity index (χ3v) is 3.56. The zero-order valence-electron chi connectivity index (χ0n) is 11.6. The van der Waals surface area contributed by atoms with Crippen LogP contribution >= 0.6 is 11.6 Å². The minimum absolute atomic E-state index is 0.165. The highest BCUT2D eigenvalue weighted by Crippen LogP contribution is 2.18. The van der Waals surface area contributed by atoms with Crippen LogP contribution in [-0.2, 0) is 4.74 Å². The van der Waals surface area contributed by atoms with Crippen LogP contribution in [0, 0.1) is 5.92 Å². The van der Waals surface area contributed by atoms with Crippen LogP contribution in [0.2, 0.25) is 5.02 Å². The third kappa shape index (κ3) is 4.08. The molecule has 2 rings (SSSR count). The first-order valence-corrected chi connectivity index (χ1v) is 7.34. The number of carbonyl (C=O) groups excluding carboxylic acids is 1. The molecule has 1 saturated heterocycles. The molecule has 1 unspecified atom stereocenters. The molecule has 0 spiro atoms. The summed E-state index contributed by atoms with van der Waals surface area (Å²) in [6.07, 6.45) is 3.65. The number of ether oxygens (including phenoxy) is 1. The maximum atomic E-state index is 12.2. The van der Waals surface area contributed by atoms with Crippen LogP contribution in [0.5, 0.6) is 0 Å². The number of rotatable bonds is 5. The second kappa shape index (κ2) is 7.45. The summed E-state index contributed by atoms with van der Waals surface area (Å²) in [4.78, 5) is 16.3. The summed E-state index contributed by atoms with van der Waals surface area (Å²) < 4.78 is 5.40. The Hall–Kier alpha value is -1.33. The molecule has 2 N–H and O–H groups in total. The molecular weight excluding hydrogens is 278 g/mol. The number of nitrogens with zero attached hydrogens (tertiary/aromatic N) is 1. The number of hydrogen-bond donors (Lipinski definition) is 2. The number of amides is 1. The second-order valence-corrected chi connectivity index (χ2v) is 5.28. The van der Waals surface area contributed by atoms with Crippen molar-refractivity contribution in [3.8, 4) is 0 Å². The summed E-state index contributed by atoms with van der Waals surface area (Å²) in [5, 5.41) is 6.35. The number of aromatic nitrogens is 1. The number of halogens is 1. The van der Waals surface area contributed by atoms with Crippen molar-refractivity contribution in [2.24, 2.45) is 5.92 Å². The summed E-state index contributed by atoms with van der Waals surface area (Å²) >= 11 is 6.04. The summed E-state index contributed by atoms with van der Waals surface area (Å²) in [6.45, 7) is 4.88. The van der Waals surface area contributed by atoms with E-state index in [1.165, 1.54) is 6.20 Å². The zero-order valence-corrected chi connectivity index (χ0v) is 12.4. The number of carbonyl (C=O) groups is 1. The molecule has 0 radical (unpaired) electrons. The van der Waals surface area contributed by atoms with Gasteiger partial charge in [0.25, 0.3) is 5.91 Å². The van der Waals surface area contributed by atoms with E-state index in [2.05, 4.69) is 15.6 Å². The molecule has 0 bridgehead atoms. The van der Waals surface area contributed by atoms with Gasteiger partial charge < -0.3 is 15.4 Å². The number of pyridine rings is 1. The summed E-state index contributed by atoms with van der Waals surface area (Å²) in [6, 6.07) is 1.68. The fraction of sp³-hybridized carbons (Fsp3) is 0.571. The lowest BCUT2D eigenvalue weighted by Gasteiger charge is -2.22. The Labute approximate surface area is 124 Å². The summed E-state index contributed by atoms with van der Waals surface area (Å²) in [7, 11) is 0. The van der Waals surface area contributed by atoms with Crippen LogP contribution < -0.4 is 10.6 Å². The van der Waals surface area contributed by atoms with Gasteiger partial charge in [-0.1, -0.05) is 11.6 Å². The topological polar surface area (TPSA) is 63.2 Å². The Balaban J connectivity index is 1.95. The maximum Gasteiger partial charge on any atom is 0.253 e. The van der Waals surface area contributed by atoms with Gasteiger partial charge in [-0.2, -0.15) is 0 Å². The van der Waals surface area contributed by atoms with Crippen molar-refractivity contribution < 1.29 is 9.53 Å². The molecular formula is C14H20ClN3O2. The molecule has 1 aliphatic rings. The lowest BCUT2D eigenvalue weighted by atomic mass is 10.0. The van der Waals surface area contributed by atoms with E-state index in [9.17, 15) is 4.79 Å². The predicted molar refractivity (Wildman–Crippen MR) is 79.3 cm³/mol. The van der Waals surface area contributed by atoms with E-state index in [1.54, 1.807) is 6.07 Å². The van der Waals surface area contributed by atoms with Crippen molar-refractivity contribution in [2.45, 2.75) is 19.8 Å². The van der Waals surface area contributed by atoms with E-state index in [0.29, 0.717) is 35.5 Å². The van der Waals surface area contributed by atoms with Gasteiger partial charge in [0, 0.05) is 25.9 Å². The first kappa shape index (κ1) is 15.1. The third-order valence-electron chi connectivity index (χ3n) is 3.26. The molecule has 0 saturated carbocycles. The van der Waals surface area contributed by atoms with Crippen molar-refractivity contribution in [2.75, 3.05) is 31.6 Å². The Morgan fingerprint density at radius 2 is 2.45 bits per heavy atom. The van der Waals surface area contributed by atoms with E-state index < -0.39 is 0 Å². The lowest BCUT2D eigenvalue weighted by Crippen LogP contribution is -2.33. The van der Waals surface area contributed by atoms with Gasteiger partial charge in [-0.05, 0) is 31.7 Å². The smallest absolute Gasteiger partial charge is 0.253 e. The van der Waals surface area contributed by atoms with Crippen LogP contribution in [0.3, 0.4) is 0 Å². The maximum absolute atomic E-state index is 12.2. The Morgan fingerprint density at radius 1 is 1.60 bits per heavy atom. The molecule has 1 aliphatic heterocycles. The number of anilines is 1. The minimum atomic E-state index is -0.165. The van der Waals surface area contributed by atoms with E-state index >= 15 is 0 Å². The van der Waals surface area contributed by atoms with Crippen LogP contribution in [0.4, 0.5) is 5.82 Å². The summed E-state index contributed by atoms with van der Waals surface area (Å²) in [5.74, 6) is 0.881. The second-order valence-electron chi connectivity index (χ2n) is 4.87. The highest BCUT2D eigenvalue weighted by atomic mass is 35.5. The highest BCUT2D eigenvalue weighted by molar-refractivity contribution is 6.33. The van der Waals surface area contributed by atoms with Gasteiger partial charge in [0.1, 0.15) is 5.82 Å². The average Bonchev–Trinajstić information content (AvgIpc) is 2.48. The lowest BCUT2D eigenvalue weighted by molar-refractivity contribution is 0.0536. The van der Waals surface area contributed by atoms with Gasteiger partial charge in [0.15, 0.2) is 0 Å². The molecule has 1 fully saturated rings. The first-order chi connectivity index (χ1) is 9.70. The first-order valence-electron chi connectivity index (χ1n) is 6.96. The quantitative estimate of drug-likeness (QED) is 0.875. The SMILES string of the molecule is CCNc1cc(C(=O)NCC2CCCOC2)c(Cl)cn1. The highest BCUT2D eigenvalue weighted by Gasteiger charge is 2.17. The van der Waals surface area contributed by atoms with Gasteiger partial charge >= 0.3 is 0 Å². The average molecular weight is 298 g/mol. The predicted octanol–water partition coefficient (Wildman–Crippen LogP) is 2.32. The van der Waals surface area contributed by atoms with Crippen LogP contribution in [0.15, 0.2) is 12.3 Å². The Kier molecular flexibility index (Phi) is 5.61. The van der Waals surface area contributed by atoms with Crippen molar-refractivity contribution >= 4 is 23.3 Å². The van der Waals surface area contributed by atoms with Gasteiger partial charge in [-0.25, -0.2) is 4.98 Å². The van der Waals surface area contributed by atoms with Crippen molar-refractivity contribution in [3.05, 3.63) is 22.8 Å². The molecule has 1 amide bonds. The Bertz CT molecular complexity index is 462. The molecule has 5 nitrogen and oxygen atoms in total. The zero-order chi connectivity index (χ0) is 14.4. The van der Waals surface area contributed by atoms with Gasteiger partial charge in [0.2, 0.25) is 0 Å². The largest absolute Gasteiger partial charge is 0.381 e. The van der Waals surface area contributed by atoms with Crippen molar-refractivity contribution in [1.82, 2.24) is 10.3 Å². The monoisotopic (exact) mass is 297 g/mol. The fourth-order valence-electron chi connectivity index (χ4n) is 2.19. The van der Waals surface area contributed by atoms with Gasteiger partial charge in [-0.3, -0.25) is 4.79 Å². The number of hydrogen-bond acceptors (Lipinski definition) is 4. The van der Waals surface area contributed by atoms with Crippen LogP contribution in [-0.4, -0.2) is 37.2 Å². The van der Waals surface area contributed by atoms with E-state index in [1.807, 2.05) is 6.92 Å². The normalized spacial score (nSPS) is 18.6. The molecule has 1 atom stereocenters. The van der Waals surface area contributed by atoms with E-state index in [4.69, 9.17) is 16.3 Å². The fourth-order valence-corrected chi connectivity index (χ4v) is 2.38. The molecule has 110 valence electrons. The molecule has 1 aromatic heterocycles. The standard InChI is InChI=1S/C14H20ClN3O2/c1-2-16-13-6-11(12(15)8-17-13)14(19)18-7-10-4-3-5-20-9-10/h6,8,10H,2-5,7,9H2,1H3,(H,16,17)(H,18,19). The number of nitrogens with one attached hydrogen (secondary N) is 2. The van der Waals surface area contributed by atoms with E-state index in [0.717, 1.165) is 26.0 Å². The molecule has 1 aromatic rings. The molecule has 6 heteroatoms. The van der Waals surface area contributed by atoms with Gasteiger partial charge in [0.05, 0.1) is 17.2 Å². The van der Waals surface area contributed by atoms with Crippen LogP contribution in [0.1, 0.15) is 30.1 Å². The van der Waals surface area contributed by atoms with Gasteiger partial charge in [-0.15, -0.1) is 0 Å². The van der Waals surface area contributed by atoms with Crippen LogP contribution in [0.25, 0.3) is 0 Å². The van der Waals surface area contributed by atoms with Crippen molar-refractivity contribution in [1.29, 1.82) is 0 Å². The molecule has 20 heavy (non-hydrogen) atoms. The van der Waals surface area contributed by atoms with E-state index in [-0.39, 0.29) is 5.91 Å². The Morgan fingerprint density at radius 3 is 3.15 bits per heavy atom. The summed E-state index contributed by atoms with van der Waals surface area (Å²) in [5.41, 5.74) is 0.453. The molecule has 0 aromatic carbocycles. The molecule has 2 heterocycles. The minimum Gasteiger partial charge on any atom is -0.381 e. The molecule has 0 aliphatic carbocycles.